The van der Waals surface area contributed by atoms with Crippen LogP contribution in [0.5, 0.6) is 6.01 Å². The standard InChI is InChI=1S/C14H17ClN4O/c1-3-4-5-10-6-8-11(9-7-10)16-13-17-12(15)18-14(19-13)20-2/h6-9H,3-5H2,1-2H3,(H,16,17,18,19). The Bertz CT molecular complexity index is 560. The Balaban J connectivity index is 2.07. The third-order valence-corrected chi connectivity index (χ3v) is 2.97. The number of aryl methyl sites for hydroxylation is 1. The molecule has 0 amide bonds. The van der Waals surface area contributed by atoms with Crippen LogP contribution in [-0.4, -0.2) is 22.1 Å². The number of anilines is 2. The second kappa shape index (κ2) is 7.05. The van der Waals surface area contributed by atoms with Crippen molar-refractivity contribution in [1.82, 2.24) is 15.0 Å². The molecule has 0 bridgehead atoms. The molecule has 0 saturated heterocycles. The summed E-state index contributed by atoms with van der Waals surface area (Å²) in [5.41, 5.74) is 2.22. The van der Waals surface area contributed by atoms with Crippen molar-refractivity contribution in [3.63, 3.8) is 0 Å². The van der Waals surface area contributed by atoms with Gasteiger partial charge >= 0.3 is 6.01 Å². The molecule has 106 valence electrons. The summed E-state index contributed by atoms with van der Waals surface area (Å²) in [5, 5.41) is 3.17. The maximum absolute atomic E-state index is 5.80. The number of hydrogen-bond donors (Lipinski definition) is 1. The highest BCUT2D eigenvalue weighted by Gasteiger charge is 2.05. The minimum Gasteiger partial charge on any atom is -0.467 e. The van der Waals surface area contributed by atoms with Gasteiger partial charge in [-0.15, -0.1) is 0 Å². The van der Waals surface area contributed by atoms with Gasteiger partial charge in [0, 0.05) is 5.69 Å². The van der Waals surface area contributed by atoms with Crippen LogP contribution < -0.4 is 10.1 Å². The van der Waals surface area contributed by atoms with Crippen LogP contribution in [0.3, 0.4) is 0 Å². The molecule has 0 saturated carbocycles. The minimum atomic E-state index is 0.0962. The maximum atomic E-state index is 5.80. The van der Waals surface area contributed by atoms with E-state index in [1.54, 1.807) is 0 Å². The molecule has 0 aliphatic carbocycles. The number of benzene rings is 1. The summed E-state index contributed by atoms with van der Waals surface area (Å²) in [6.07, 6.45) is 3.50. The van der Waals surface area contributed by atoms with Crippen molar-refractivity contribution >= 4 is 23.2 Å². The largest absolute Gasteiger partial charge is 0.467 e. The highest BCUT2D eigenvalue weighted by molar-refractivity contribution is 6.28. The van der Waals surface area contributed by atoms with Gasteiger partial charge in [-0.25, -0.2) is 0 Å². The van der Waals surface area contributed by atoms with Crippen molar-refractivity contribution in [2.24, 2.45) is 0 Å². The molecule has 0 aliphatic heterocycles. The van der Waals surface area contributed by atoms with Crippen molar-refractivity contribution in [3.05, 3.63) is 35.1 Å². The van der Waals surface area contributed by atoms with Gasteiger partial charge in [0.15, 0.2) is 0 Å². The Hall–Kier alpha value is -1.88. The third-order valence-electron chi connectivity index (χ3n) is 2.80. The van der Waals surface area contributed by atoms with Gasteiger partial charge in [0.25, 0.3) is 0 Å². The molecule has 1 aromatic carbocycles. The smallest absolute Gasteiger partial charge is 0.322 e. The van der Waals surface area contributed by atoms with E-state index in [0.29, 0.717) is 5.95 Å². The lowest BCUT2D eigenvalue weighted by atomic mass is 10.1. The van der Waals surface area contributed by atoms with Crippen molar-refractivity contribution in [3.8, 4) is 6.01 Å². The monoisotopic (exact) mass is 292 g/mol. The molecule has 0 atom stereocenters. The quantitative estimate of drug-likeness (QED) is 0.881. The normalized spacial score (nSPS) is 10.3. The first-order valence-electron chi connectivity index (χ1n) is 6.53. The summed E-state index contributed by atoms with van der Waals surface area (Å²) in [5.74, 6) is 0.364. The van der Waals surface area contributed by atoms with Crippen molar-refractivity contribution in [2.45, 2.75) is 26.2 Å². The van der Waals surface area contributed by atoms with Gasteiger partial charge in [-0.05, 0) is 42.1 Å². The number of hydrogen-bond acceptors (Lipinski definition) is 5. The number of nitrogens with one attached hydrogen (secondary N) is 1. The number of rotatable bonds is 6. The molecule has 6 heteroatoms. The Labute approximate surface area is 123 Å². The van der Waals surface area contributed by atoms with Crippen LogP contribution in [0, 0.1) is 0 Å². The van der Waals surface area contributed by atoms with Crippen molar-refractivity contribution < 1.29 is 4.74 Å². The van der Waals surface area contributed by atoms with Gasteiger partial charge in [0.05, 0.1) is 7.11 Å². The lowest BCUT2D eigenvalue weighted by Crippen LogP contribution is -2.01. The molecule has 2 aromatic rings. The van der Waals surface area contributed by atoms with Crippen LogP contribution in [0.15, 0.2) is 24.3 Å². The SMILES string of the molecule is CCCCc1ccc(Nc2nc(Cl)nc(OC)n2)cc1. The summed E-state index contributed by atoms with van der Waals surface area (Å²) >= 11 is 5.80. The van der Waals surface area contributed by atoms with E-state index in [1.165, 1.54) is 25.5 Å². The Kier molecular flexibility index (Phi) is 5.12. The van der Waals surface area contributed by atoms with E-state index in [2.05, 4.69) is 39.3 Å². The molecule has 1 N–H and O–H groups in total. The fourth-order valence-corrected chi connectivity index (χ4v) is 1.90. The molecule has 0 radical (unpaired) electrons. The predicted molar refractivity (Wildman–Crippen MR) is 79.7 cm³/mol. The molecule has 0 spiro atoms. The number of methoxy groups -OCH3 is 1. The van der Waals surface area contributed by atoms with Gasteiger partial charge < -0.3 is 10.1 Å². The molecule has 1 aromatic heterocycles. The summed E-state index contributed by atoms with van der Waals surface area (Å²) < 4.78 is 4.95. The maximum Gasteiger partial charge on any atom is 0.322 e. The van der Waals surface area contributed by atoms with Gasteiger partial charge in [-0.2, -0.15) is 15.0 Å². The lowest BCUT2D eigenvalue weighted by molar-refractivity contribution is 0.379. The summed E-state index contributed by atoms with van der Waals surface area (Å²) in [4.78, 5) is 11.9. The van der Waals surface area contributed by atoms with Crippen LogP contribution in [-0.2, 0) is 6.42 Å². The zero-order valence-electron chi connectivity index (χ0n) is 11.6. The highest BCUT2D eigenvalue weighted by atomic mass is 35.5. The summed E-state index contributed by atoms with van der Waals surface area (Å²) in [6, 6.07) is 8.37. The lowest BCUT2D eigenvalue weighted by Gasteiger charge is -2.07. The first-order valence-corrected chi connectivity index (χ1v) is 6.90. The number of halogens is 1. The number of nitrogens with zero attached hydrogens (tertiary/aromatic N) is 3. The number of ether oxygens (including phenoxy) is 1. The van der Waals surface area contributed by atoms with E-state index in [-0.39, 0.29) is 11.3 Å². The zero-order valence-corrected chi connectivity index (χ0v) is 12.3. The summed E-state index contributed by atoms with van der Waals surface area (Å²) in [6.45, 7) is 2.19. The van der Waals surface area contributed by atoms with Gasteiger partial charge in [0.1, 0.15) is 0 Å². The van der Waals surface area contributed by atoms with Gasteiger partial charge in [-0.3, -0.25) is 0 Å². The van der Waals surface area contributed by atoms with Gasteiger partial charge in [-0.1, -0.05) is 25.5 Å². The van der Waals surface area contributed by atoms with E-state index in [9.17, 15) is 0 Å². The molecule has 20 heavy (non-hydrogen) atoms. The predicted octanol–water partition coefficient (Wildman–Crippen LogP) is 3.62. The van der Waals surface area contributed by atoms with Crippen molar-refractivity contribution in [1.29, 1.82) is 0 Å². The van der Waals surface area contributed by atoms with Crippen molar-refractivity contribution in [2.75, 3.05) is 12.4 Å². The van der Waals surface area contributed by atoms with E-state index < -0.39 is 0 Å². The van der Waals surface area contributed by atoms with E-state index >= 15 is 0 Å². The van der Waals surface area contributed by atoms with Crippen LogP contribution in [0.2, 0.25) is 5.28 Å². The van der Waals surface area contributed by atoms with E-state index in [0.717, 1.165) is 12.1 Å². The molecule has 1 heterocycles. The molecular weight excluding hydrogens is 276 g/mol. The third kappa shape index (κ3) is 4.06. The Morgan fingerprint density at radius 1 is 1.15 bits per heavy atom. The van der Waals surface area contributed by atoms with Crippen LogP contribution in [0.4, 0.5) is 11.6 Å². The van der Waals surface area contributed by atoms with Gasteiger partial charge in [0.2, 0.25) is 11.2 Å². The minimum absolute atomic E-state index is 0.0962. The Morgan fingerprint density at radius 2 is 1.90 bits per heavy atom. The summed E-state index contributed by atoms with van der Waals surface area (Å²) in [7, 11) is 1.48. The molecule has 2 rings (SSSR count). The fourth-order valence-electron chi connectivity index (χ4n) is 1.74. The topological polar surface area (TPSA) is 59.9 Å². The first-order chi connectivity index (χ1) is 9.71. The number of unbranched alkanes of at least 4 members (excludes halogenated alkanes) is 1. The van der Waals surface area contributed by atoms with E-state index in [1.807, 2.05) is 12.1 Å². The number of aromatic nitrogens is 3. The molecular formula is C14H17ClN4O. The highest BCUT2D eigenvalue weighted by Crippen LogP contribution is 2.17. The van der Waals surface area contributed by atoms with Crippen LogP contribution in [0.25, 0.3) is 0 Å². The second-order valence-corrected chi connectivity index (χ2v) is 4.68. The average molecular weight is 293 g/mol. The zero-order chi connectivity index (χ0) is 14.4. The van der Waals surface area contributed by atoms with Crippen LogP contribution in [0.1, 0.15) is 25.3 Å². The molecule has 0 unspecified atom stereocenters. The molecule has 5 nitrogen and oxygen atoms in total. The van der Waals surface area contributed by atoms with E-state index in [4.69, 9.17) is 16.3 Å². The fraction of sp³-hybridized carbons (Fsp3) is 0.357. The van der Waals surface area contributed by atoms with Crippen LogP contribution >= 0.6 is 11.6 Å². The Morgan fingerprint density at radius 3 is 2.55 bits per heavy atom. The molecule has 0 aliphatic rings. The first kappa shape index (κ1) is 14.5. The second-order valence-electron chi connectivity index (χ2n) is 4.34. The molecule has 0 fully saturated rings. The average Bonchev–Trinajstić information content (AvgIpc) is 2.46.